The van der Waals surface area contributed by atoms with Gasteiger partial charge in [0.05, 0.1) is 0 Å². The van der Waals surface area contributed by atoms with E-state index in [0.29, 0.717) is 0 Å². The van der Waals surface area contributed by atoms with Crippen molar-refractivity contribution < 1.29 is 9.53 Å². The second-order valence-corrected chi connectivity index (χ2v) is 7.84. The molecule has 0 bridgehead atoms. The molecule has 1 unspecified atom stereocenters. The smallest absolute Gasteiger partial charge is 0.410 e. The fourth-order valence-electron chi connectivity index (χ4n) is 1.91. The van der Waals surface area contributed by atoms with E-state index in [0.717, 1.165) is 31.9 Å². The number of guanidine groups is 1. The summed E-state index contributed by atoms with van der Waals surface area (Å²) in [5, 5.41) is 6.60. The summed E-state index contributed by atoms with van der Waals surface area (Å²) in [7, 11) is 3.55. The van der Waals surface area contributed by atoms with Gasteiger partial charge in [0.2, 0.25) is 0 Å². The maximum absolute atomic E-state index is 12.0. The number of thioether (sulfide) groups is 1. The summed E-state index contributed by atoms with van der Waals surface area (Å²) in [6.45, 7) is 9.32. The number of amides is 1. The maximum Gasteiger partial charge on any atom is 0.410 e. The monoisotopic (exact) mass is 360 g/mol. The van der Waals surface area contributed by atoms with Crippen molar-refractivity contribution in [2.24, 2.45) is 4.99 Å². The van der Waals surface area contributed by atoms with Crippen molar-refractivity contribution in [2.45, 2.75) is 58.6 Å². The minimum Gasteiger partial charge on any atom is -0.444 e. The highest BCUT2D eigenvalue weighted by Crippen LogP contribution is 2.11. The van der Waals surface area contributed by atoms with Crippen LogP contribution in [0.1, 0.15) is 47.0 Å². The van der Waals surface area contributed by atoms with Gasteiger partial charge in [0.1, 0.15) is 5.60 Å². The molecule has 0 radical (unpaired) electrons. The molecule has 0 rings (SSSR count). The number of ether oxygens (including phenoxy) is 1. The van der Waals surface area contributed by atoms with Gasteiger partial charge in [0.25, 0.3) is 0 Å². The molecule has 0 heterocycles. The van der Waals surface area contributed by atoms with Crippen LogP contribution in [0.15, 0.2) is 4.99 Å². The van der Waals surface area contributed by atoms with E-state index in [9.17, 15) is 4.79 Å². The standard InChI is InChI=1S/C17H36N4O2S/c1-14(21(6)16(22)23-17(2,3)4)10-12-20-15(18-5)19-11-8-9-13-24-7/h14H,8-13H2,1-7H3,(H2,18,19,20). The molecule has 0 spiro atoms. The lowest BCUT2D eigenvalue weighted by atomic mass is 10.2. The van der Waals surface area contributed by atoms with Crippen LogP contribution in [0.3, 0.4) is 0 Å². The zero-order chi connectivity index (χ0) is 18.6. The van der Waals surface area contributed by atoms with Crippen molar-refractivity contribution in [1.29, 1.82) is 0 Å². The summed E-state index contributed by atoms with van der Waals surface area (Å²) in [4.78, 5) is 17.9. The van der Waals surface area contributed by atoms with Crippen LogP contribution in [0.5, 0.6) is 0 Å². The SMILES string of the molecule is CN=C(NCCCCSC)NCCC(C)N(C)C(=O)OC(C)(C)C. The molecule has 6 nitrogen and oxygen atoms in total. The molecular formula is C17H36N4O2S. The highest BCUT2D eigenvalue weighted by atomic mass is 32.2. The van der Waals surface area contributed by atoms with E-state index in [-0.39, 0.29) is 12.1 Å². The van der Waals surface area contributed by atoms with Crippen molar-refractivity contribution in [3.8, 4) is 0 Å². The number of carbonyl (C=O) groups is 1. The number of carbonyl (C=O) groups excluding carboxylic acids is 1. The quantitative estimate of drug-likeness (QED) is 0.376. The highest BCUT2D eigenvalue weighted by Gasteiger charge is 2.22. The van der Waals surface area contributed by atoms with Crippen LogP contribution < -0.4 is 10.6 Å². The number of hydrogen-bond donors (Lipinski definition) is 2. The molecule has 7 heteroatoms. The normalized spacial score (nSPS) is 13.4. The fraction of sp³-hybridized carbons (Fsp3) is 0.882. The Morgan fingerprint density at radius 3 is 2.42 bits per heavy atom. The van der Waals surface area contributed by atoms with Crippen molar-refractivity contribution in [3.05, 3.63) is 0 Å². The Morgan fingerprint density at radius 1 is 1.25 bits per heavy atom. The lowest BCUT2D eigenvalue weighted by Gasteiger charge is -2.28. The number of nitrogens with one attached hydrogen (secondary N) is 2. The second-order valence-electron chi connectivity index (χ2n) is 6.85. The van der Waals surface area contributed by atoms with Gasteiger partial charge in [-0.3, -0.25) is 4.99 Å². The summed E-state index contributed by atoms with van der Waals surface area (Å²) >= 11 is 1.88. The predicted molar refractivity (Wildman–Crippen MR) is 105 cm³/mol. The summed E-state index contributed by atoms with van der Waals surface area (Å²) in [5.74, 6) is 2.01. The molecule has 0 aromatic rings. The molecule has 2 N–H and O–H groups in total. The van der Waals surface area contributed by atoms with Gasteiger partial charge < -0.3 is 20.3 Å². The molecule has 142 valence electrons. The van der Waals surface area contributed by atoms with E-state index in [1.165, 1.54) is 12.2 Å². The first-order chi connectivity index (χ1) is 11.2. The van der Waals surface area contributed by atoms with Crippen LogP contribution in [0, 0.1) is 0 Å². The topological polar surface area (TPSA) is 66.0 Å². The van der Waals surface area contributed by atoms with Gasteiger partial charge in [-0.15, -0.1) is 0 Å². The molecule has 0 aromatic heterocycles. The second kappa shape index (κ2) is 12.3. The summed E-state index contributed by atoms with van der Waals surface area (Å²) in [6, 6.07) is 0.0898. The average Bonchev–Trinajstić information content (AvgIpc) is 2.50. The van der Waals surface area contributed by atoms with E-state index in [1.54, 1.807) is 19.0 Å². The van der Waals surface area contributed by atoms with Crippen molar-refractivity contribution >= 4 is 23.8 Å². The largest absolute Gasteiger partial charge is 0.444 e. The van der Waals surface area contributed by atoms with Gasteiger partial charge in [-0.25, -0.2) is 4.79 Å². The maximum atomic E-state index is 12.0. The number of aliphatic imine (C=N–C) groups is 1. The first kappa shape index (κ1) is 22.9. The number of hydrogen-bond acceptors (Lipinski definition) is 4. The average molecular weight is 361 g/mol. The van der Waals surface area contributed by atoms with E-state index in [4.69, 9.17) is 4.74 Å². The van der Waals surface area contributed by atoms with Crippen LogP contribution in [0.4, 0.5) is 4.79 Å². The Bertz CT molecular complexity index is 383. The van der Waals surface area contributed by atoms with E-state index < -0.39 is 5.60 Å². The van der Waals surface area contributed by atoms with E-state index >= 15 is 0 Å². The Balaban J connectivity index is 4.03. The van der Waals surface area contributed by atoms with E-state index in [2.05, 4.69) is 21.9 Å². The molecule has 0 aliphatic carbocycles. The van der Waals surface area contributed by atoms with Gasteiger partial charge >= 0.3 is 6.09 Å². The molecular weight excluding hydrogens is 324 g/mol. The van der Waals surface area contributed by atoms with Crippen molar-refractivity contribution in [1.82, 2.24) is 15.5 Å². The molecule has 0 fully saturated rings. The molecule has 0 aliphatic heterocycles. The number of nitrogens with zero attached hydrogens (tertiary/aromatic N) is 2. The van der Waals surface area contributed by atoms with Crippen molar-refractivity contribution in [3.63, 3.8) is 0 Å². The van der Waals surface area contributed by atoms with Crippen LogP contribution in [-0.4, -0.2) is 67.8 Å². The lowest BCUT2D eigenvalue weighted by molar-refractivity contribution is 0.0230. The zero-order valence-electron chi connectivity index (χ0n) is 16.4. The Hall–Kier alpha value is -1.11. The zero-order valence-corrected chi connectivity index (χ0v) is 17.3. The van der Waals surface area contributed by atoms with Crippen LogP contribution in [0.25, 0.3) is 0 Å². The Labute approximate surface area is 152 Å². The molecule has 1 atom stereocenters. The highest BCUT2D eigenvalue weighted by molar-refractivity contribution is 7.98. The molecule has 1 amide bonds. The van der Waals surface area contributed by atoms with E-state index in [1.807, 2.05) is 39.5 Å². The third-order valence-electron chi connectivity index (χ3n) is 3.49. The summed E-state index contributed by atoms with van der Waals surface area (Å²) in [5.41, 5.74) is -0.467. The summed E-state index contributed by atoms with van der Waals surface area (Å²) < 4.78 is 5.38. The van der Waals surface area contributed by atoms with Gasteiger partial charge in [-0.2, -0.15) is 11.8 Å². The van der Waals surface area contributed by atoms with Gasteiger partial charge in [0.15, 0.2) is 5.96 Å². The van der Waals surface area contributed by atoms with Gasteiger partial charge in [-0.05, 0) is 59.0 Å². The third-order valence-corrected chi connectivity index (χ3v) is 4.19. The molecule has 0 saturated carbocycles. The molecule has 0 aromatic carbocycles. The molecule has 0 saturated heterocycles. The summed E-state index contributed by atoms with van der Waals surface area (Å²) in [6.07, 6.45) is 5.01. The Kier molecular flexibility index (Phi) is 11.7. The van der Waals surface area contributed by atoms with Crippen molar-refractivity contribution in [2.75, 3.05) is 39.2 Å². The van der Waals surface area contributed by atoms with Crippen LogP contribution in [-0.2, 0) is 4.74 Å². The molecule has 0 aliphatic rings. The third kappa shape index (κ3) is 11.4. The lowest BCUT2D eigenvalue weighted by Crippen LogP contribution is -2.43. The first-order valence-electron chi connectivity index (χ1n) is 8.60. The van der Waals surface area contributed by atoms with Crippen LogP contribution in [0.2, 0.25) is 0 Å². The number of unbranched alkanes of at least 4 members (excludes halogenated alkanes) is 1. The minimum atomic E-state index is -0.467. The minimum absolute atomic E-state index is 0.0898. The Morgan fingerprint density at radius 2 is 1.88 bits per heavy atom. The molecule has 24 heavy (non-hydrogen) atoms. The van der Waals surface area contributed by atoms with Gasteiger partial charge in [-0.1, -0.05) is 0 Å². The van der Waals surface area contributed by atoms with Crippen LogP contribution >= 0.6 is 11.8 Å². The van der Waals surface area contributed by atoms with Gasteiger partial charge in [0, 0.05) is 33.2 Å². The predicted octanol–water partition coefficient (Wildman–Crippen LogP) is 2.94. The fourth-order valence-corrected chi connectivity index (χ4v) is 2.40. The number of rotatable bonds is 9. The first-order valence-corrected chi connectivity index (χ1v) is 10.00.